The number of nitrogens with one attached hydrogen (secondary N) is 2. The zero-order chi connectivity index (χ0) is 17.0. The van der Waals surface area contributed by atoms with Crippen LogP contribution >= 0.6 is 0 Å². The molecular weight excluding hydrogens is 292 g/mol. The molecule has 1 aromatic heterocycles. The molecule has 0 bridgehead atoms. The fraction of sp³-hybridized carbons (Fsp3) is 0.294. The van der Waals surface area contributed by atoms with Gasteiger partial charge in [0.05, 0.1) is 0 Å². The minimum absolute atomic E-state index is 0.0136. The number of benzene rings is 1. The number of carbonyl (C=O) groups is 2. The summed E-state index contributed by atoms with van der Waals surface area (Å²) in [6.45, 7) is 7.23. The van der Waals surface area contributed by atoms with Crippen molar-refractivity contribution in [3.8, 4) is 0 Å². The molecule has 0 aliphatic heterocycles. The first-order valence-electron chi connectivity index (χ1n) is 7.27. The topological polar surface area (TPSA) is 84.0 Å². The molecule has 2 aromatic rings. The third-order valence-corrected chi connectivity index (χ3v) is 2.95. The Morgan fingerprint density at radius 2 is 1.70 bits per heavy atom. The number of rotatable bonds is 4. The highest BCUT2D eigenvalue weighted by molar-refractivity contribution is 5.94. The Labute approximate surface area is 135 Å². The summed E-state index contributed by atoms with van der Waals surface area (Å²) in [5.74, 6) is 0.268. The zero-order valence-corrected chi connectivity index (χ0v) is 13.7. The van der Waals surface area contributed by atoms with Crippen LogP contribution in [0.5, 0.6) is 0 Å². The highest BCUT2D eigenvalue weighted by Gasteiger charge is 2.16. The Morgan fingerprint density at radius 1 is 1.04 bits per heavy atom. The molecule has 0 aliphatic carbocycles. The normalized spacial score (nSPS) is 11.0. The van der Waals surface area contributed by atoms with Crippen LogP contribution in [0.2, 0.25) is 0 Å². The van der Waals surface area contributed by atoms with E-state index >= 15 is 0 Å². The minimum Gasteiger partial charge on any atom is -0.346 e. The summed E-state index contributed by atoms with van der Waals surface area (Å²) in [5.41, 5.74) is 1.37. The van der Waals surface area contributed by atoms with E-state index in [4.69, 9.17) is 0 Å². The number of amides is 1. The second kappa shape index (κ2) is 6.56. The van der Waals surface area contributed by atoms with Gasteiger partial charge >= 0.3 is 0 Å². The molecule has 0 unspecified atom stereocenters. The molecule has 0 fully saturated rings. The van der Waals surface area contributed by atoms with Crippen LogP contribution in [0.4, 0.5) is 11.5 Å². The van der Waals surface area contributed by atoms with Gasteiger partial charge in [-0.3, -0.25) is 9.59 Å². The summed E-state index contributed by atoms with van der Waals surface area (Å²) in [6.07, 6.45) is 1.34. The molecule has 2 N–H and O–H groups in total. The Morgan fingerprint density at radius 3 is 2.26 bits per heavy atom. The lowest BCUT2D eigenvalue weighted by Crippen LogP contribution is -2.40. The van der Waals surface area contributed by atoms with E-state index < -0.39 is 0 Å². The summed E-state index contributed by atoms with van der Waals surface area (Å²) in [6, 6.07) is 8.62. The highest BCUT2D eigenvalue weighted by Crippen LogP contribution is 2.16. The van der Waals surface area contributed by atoms with Crippen LogP contribution in [0, 0.1) is 0 Å². The number of ketones is 1. The van der Waals surface area contributed by atoms with E-state index in [9.17, 15) is 9.59 Å². The summed E-state index contributed by atoms with van der Waals surface area (Å²) < 4.78 is 0. The molecule has 0 atom stereocenters. The molecular formula is C17H20N4O2. The molecule has 1 heterocycles. The van der Waals surface area contributed by atoms with Gasteiger partial charge in [0.25, 0.3) is 5.91 Å². The van der Waals surface area contributed by atoms with Gasteiger partial charge in [0.2, 0.25) is 0 Å². The number of anilines is 2. The SMILES string of the molecule is CC(=O)c1ccc(Nc2cc(C(=O)NC(C)(C)C)ncn2)cc1. The predicted octanol–water partition coefficient (Wildman–Crippen LogP) is 2.95. The quantitative estimate of drug-likeness (QED) is 0.848. The van der Waals surface area contributed by atoms with Gasteiger partial charge in [0.1, 0.15) is 17.8 Å². The Kier molecular flexibility index (Phi) is 4.74. The average Bonchev–Trinajstić information content (AvgIpc) is 2.46. The number of Topliss-reactive ketones (excluding diaryl/α,β-unsaturated/α-hetero) is 1. The summed E-state index contributed by atoms with van der Waals surface area (Å²) in [4.78, 5) is 31.5. The van der Waals surface area contributed by atoms with E-state index in [1.807, 2.05) is 20.8 Å². The van der Waals surface area contributed by atoms with Crippen molar-refractivity contribution in [2.75, 3.05) is 5.32 Å². The number of nitrogens with zero attached hydrogens (tertiary/aromatic N) is 2. The first-order valence-corrected chi connectivity index (χ1v) is 7.27. The summed E-state index contributed by atoms with van der Waals surface area (Å²) in [7, 11) is 0. The average molecular weight is 312 g/mol. The van der Waals surface area contributed by atoms with Crippen LogP contribution in [0.3, 0.4) is 0 Å². The van der Waals surface area contributed by atoms with Crippen molar-refractivity contribution in [1.82, 2.24) is 15.3 Å². The minimum atomic E-state index is -0.335. The second-order valence-corrected chi connectivity index (χ2v) is 6.25. The van der Waals surface area contributed by atoms with E-state index in [0.29, 0.717) is 11.4 Å². The van der Waals surface area contributed by atoms with E-state index in [1.54, 1.807) is 30.3 Å². The molecule has 1 aromatic carbocycles. The van der Waals surface area contributed by atoms with Crippen LogP contribution in [-0.4, -0.2) is 27.2 Å². The van der Waals surface area contributed by atoms with Gasteiger partial charge in [-0.15, -0.1) is 0 Å². The van der Waals surface area contributed by atoms with Crippen LogP contribution in [0.15, 0.2) is 36.7 Å². The molecule has 6 heteroatoms. The Bertz CT molecular complexity index is 718. The van der Waals surface area contributed by atoms with Crippen LogP contribution < -0.4 is 10.6 Å². The van der Waals surface area contributed by atoms with Gasteiger partial charge < -0.3 is 10.6 Å². The number of aromatic nitrogens is 2. The van der Waals surface area contributed by atoms with Crippen molar-refractivity contribution in [2.45, 2.75) is 33.2 Å². The Hall–Kier alpha value is -2.76. The maximum Gasteiger partial charge on any atom is 0.270 e. The molecule has 23 heavy (non-hydrogen) atoms. The van der Waals surface area contributed by atoms with Crippen LogP contribution in [0.1, 0.15) is 48.5 Å². The van der Waals surface area contributed by atoms with Crippen molar-refractivity contribution in [1.29, 1.82) is 0 Å². The van der Waals surface area contributed by atoms with E-state index in [-0.39, 0.29) is 22.9 Å². The maximum absolute atomic E-state index is 12.1. The first kappa shape index (κ1) is 16.6. The number of hydrogen-bond donors (Lipinski definition) is 2. The molecule has 0 saturated heterocycles. The molecule has 0 aliphatic rings. The second-order valence-electron chi connectivity index (χ2n) is 6.25. The van der Waals surface area contributed by atoms with Gasteiger partial charge in [-0.25, -0.2) is 9.97 Å². The van der Waals surface area contributed by atoms with E-state index in [2.05, 4.69) is 20.6 Å². The smallest absolute Gasteiger partial charge is 0.270 e. The van der Waals surface area contributed by atoms with Gasteiger partial charge in [0, 0.05) is 22.9 Å². The number of hydrogen-bond acceptors (Lipinski definition) is 5. The maximum atomic E-state index is 12.1. The standard InChI is InChI=1S/C17H20N4O2/c1-11(22)12-5-7-13(8-6-12)20-15-9-14(18-10-19-15)16(23)21-17(2,3)4/h5-10H,1-4H3,(H,21,23)(H,18,19,20). The predicted molar refractivity (Wildman–Crippen MR) is 89.0 cm³/mol. The van der Waals surface area contributed by atoms with Crippen molar-refractivity contribution < 1.29 is 9.59 Å². The highest BCUT2D eigenvalue weighted by atomic mass is 16.2. The molecule has 0 saturated carbocycles. The first-order chi connectivity index (χ1) is 10.7. The van der Waals surface area contributed by atoms with Crippen molar-refractivity contribution in [3.63, 3.8) is 0 Å². The number of carbonyl (C=O) groups excluding carboxylic acids is 2. The van der Waals surface area contributed by atoms with Gasteiger partial charge in [0.15, 0.2) is 5.78 Å². The largest absolute Gasteiger partial charge is 0.346 e. The van der Waals surface area contributed by atoms with Gasteiger partial charge in [-0.2, -0.15) is 0 Å². The van der Waals surface area contributed by atoms with Crippen molar-refractivity contribution >= 4 is 23.2 Å². The summed E-state index contributed by atoms with van der Waals surface area (Å²) in [5, 5.41) is 5.94. The lowest BCUT2D eigenvalue weighted by Gasteiger charge is -2.20. The molecule has 6 nitrogen and oxygen atoms in total. The van der Waals surface area contributed by atoms with Crippen LogP contribution in [0.25, 0.3) is 0 Å². The van der Waals surface area contributed by atoms with E-state index in [1.165, 1.54) is 13.3 Å². The molecule has 120 valence electrons. The van der Waals surface area contributed by atoms with Crippen LogP contribution in [-0.2, 0) is 0 Å². The lowest BCUT2D eigenvalue weighted by atomic mass is 10.1. The zero-order valence-electron chi connectivity index (χ0n) is 13.7. The molecule has 0 spiro atoms. The van der Waals surface area contributed by atoms with Crippen molar-refractivity contribution in [2.24, 2.45) is 0 Å². The lowest BCUT2D eigenvalue weighted by molar-refractivity contribution is 0.0913. The molecule has 1 amide bonds. The van der Waals surface area contributed by atoms with Crippen molar-refractivity contribution in [3.05, 3.63) is 47.9 Å². The molecule has 0 radical (unpaired) electrons. The molecule has 2 rings (SSSR count). The van der Waals surface area contributed by atoms with E-state index in [0.717, 1.165) is 5.69 Å². The fourth-order valence-electron chi connectivity index (χ4n) is 1.89. The van der Waals surface area contributed by atoms with Gasteiger partial charge in [-0.1, -0.05) is 0 Å². The van der Waals surface area contributed by atoms with Gasteiger partial charge in [-0.05, 0) is 52.0 Å². The Balaban J connectivity index is 2.13. The third-order valence-electron chi connectivity index (χ3n) is 2.95. The summed E-state index contributed by atoms with van der Waals surface area (Å²) >= 11 is 0. The monoisotopic (exact) mass is 312 g/mol. The fourth-order valence-corrected chi connectivity index (χ4v) is 1.89. The third kappa shape index (κ3) is 4.88.